The summed E-state index contributed by atoms with van der Waals surface area (Å²) in [6, 6.07) is 3.17. The molecule has 0 bridgehead atoms. The number of aliphatic imine (C=N–C) groups is 2. The first-order chi connectivity index (χ1) is 9.11. The highest BCUT2D eigenvalue weighted by atomic mass is 35.5. The first-order valence-corrected chi connectivity index (χ1v) is 5.34. The van der Waals surface area contributed by atoms with Crippen LogP contribution in [0, 0.1) is 0 Å². The van der Waals surface area contributed by atoms with Gasteiger partial charge < -0.3 is 17.2 Å². The molecule has 20 heavy (non-hydrogen) atoms. The van der Waals surface area contributed by atoms with Gasteiger partial charge >= 0.3 is 6.18 Å². The van der Waals surface area contributed by atoms with Gasteiger partial charge in [0.25, 0.3) is 5.78 Å². The van der Waals surface area contributed by atoms with E-state index in [0.717, 1.165) is 12.1 Å². The number of carbonyl (C=O) groups excluding carboxylic acids is 1. The van der Waals surface area contributed by atoms with Gasteiger partial charge in [0.15, 0.2) is 5.96 Å². The van der Waals surface area contributed by atoms with E-state index >= 15 is 0 Å². The third kappa shape index (κ3) is 4.12. The molecule has 0 saturated heterocycles. The van der Waals surface area contributed by atoms with Crippen molar-refractivity contribution >= 4 is 35.0 Å². The SMILES string of the molecule is NC(N)=NC(N)=Nc1ccc(Cl)cc1C(=O)C(F)(F)F. The van der Waals surface area contributed by atoms with Gasteiger partial charge in [0.05, 0.1) is 11.3 Å². The summed E-state index contributed by atoms with van der Waals surface area (Å²) in [5.74, 6) is -3.02. The molecule has 0 aliphatic heterocycles. The van der Waals surface area contributed by atoms with Crippen LogP contribution in [0.15, 0.2) is 28.2 Å². The fourth-order valence-corrected chi connectivity index (χ4v) is 1.39. The van der Waals surface area contributed by atoms with Crippen LogP contribution >= 0.6 is 11.6 Å². The van der Waals surface area contributed by atoms with Crippen LogP contribution < -0.4 is 17.2 Å². The van der Waals surface area contributed by atoms with E-state index in [2.05, 4.69) is 9.98 Å². The Bertz CT molecular complexity index is 593. The minimum Gasteiger partial charge on any atom is -0.370 e. The molecule has 1 rings (SSSR count). The van der Waals surface area contributed by atoms with Gasteiger partial charge in [0, 0.05) is 5.02 Å². The van der Waals surface area contributed by atoms with Crippen LogP contribution in [0.1, 0.15) is 10.4 Å². The van der Waals surface area contributed by atoms with Gasteiger partial charge in [-0.15, -0.1) is 0 Å². The number of Topliss-reactive ketones (excluding diaryl/α,β-unsaturated/α-hetero) is 1. The summed E-state index contributed by atoms with van der Waals surface area (Å²) < 4.78 is 37.4. The zero-order valence-electron chi connectivity index (χ0n) is 9.78. The largest absolute Gasteiger partial charge is 0.454 e. The van der Waals surface area contributed by atoms with Crippen molar-refractivity contribution in [2.75, 3.05) is 0 Å². The standard InChI is InChI=1S/C10H9ClF3N5O/c11-4-1-2-6(18-9(17)19-8(15)16)5(3-4)7(20)10(12,13)14/h1-3H,(H6,15,16,17,18,19). The molecule has 0 radical (unpaired) electrons. The second kappa shape index (κ2) is 5.78. The maximum Gasteiger partial charge on any atom is 0.454 e. The molecule has 1 aromatic rings. The number of ketones is 1. The lowest BCUT2D eigenvalue weighted by atomic mass is 10.1. The van der Waals surface area contributed by atoms with E-state index < -0.39 is 29.4 Å². The molecule has 0 heterocycles. The van der Waals surface area contributed by atoms with Crippen LogP contribution in [-0.4, -0.2) is 23.9 Å². The molecule has 0 unspecified atom stereocenters. The van der Waals surface area contributed by atoms with Gasteiger partial charge in [0.1, 0.15) is 0 Å². The molecule has 0 fully saturated rings. The van der Waals surface area contributed by atoms with Crippen molar-refractivity contribution in [2.24, 2.45) is 27.2 Å². The lowest BCUT2D eigenvalue weighted by Gasteiger charge is -2.08. The number of hydrogen-bond acceptors (Lipinski definition) is 2. The van der Waals surface area contributed by atoms with E-state index in [4.69, 9.17) is 28.8 Å². The molecule has 108 valence electrons. The second-order valence-electron chi connectivity index (χ2n) is 3.50. The zero-order valence-corrected chi connectivity index (χ0v) is 10.5. The molecule has 0 aliphatic rings. The first-order valence-electron chi connectivity index (χ1n) is 4.96. The molecule has 0 atom stereocenters. The van der Waals surface area contributed by atoms with Crippen LogP contribution in [-0.2, 0) is 0 Å². The van der Waals surface area contributed by atoms with Crippen molar-refractivity contribution in [3.8, 4) is 0 Å². The summed E-state index contributed by atoms with van der Waals surface area (Å²) >= 11 is 5.57. The summed E-state index contributed by atoms with van der Waals surface area (Å²) in [6.07, 6.45) is -5.07. The minimum absolute atomic E-state index is 0.0584. The van der Waals surface area contributed by atoms with Gasteiger partial charge in [-0.2, -0.15) is 18.2 Å². The number of hydrogen-bond donors (Lipinski definition) is 3. The Morgan fingerprint density at radius 3 is 2.30 bits per heavy atom. The lowest BCUT2D eigenvalue weighted by Crippen LogP contribution is -2.26. The highest BCUT2D eigenvalue weighted by Crippen LogP contribution is 2.30. The third-order valence-electron chi connectivity index (χ3n) is 1.94. The molecular weight excluding hydrogens is 299 g/mol. The average Bonchev–Trinajstić information content (AvgIpc) is 2.28. The Balaban J connectivity index is 3.35. The molecule has 1 aromatic carbocycles. The van der Waals surface area contributed by atoms with Crippen molar-refractivity contribution < 1.29 is 18.0 Å². The number of halogens is 4. The zero-order chi connectivity index (χ0) is 15.5. The number of guanidine groups is 2. The Morgan fingerprint density at radius 2 is 1.80 bits per heavy atom. The van der Waals surface area contributed by atoms with Gasteiger partial charge in [-0.1, -0.05) is 11.6 Å². The highest BCUT2D eigenvalue weighted by Gasteiger charge is 2.40. The van der Waals surface area contributed by atoms with E-state index in [0.29, 0.717) is 0 Å². The van der Waals surface area contributed by atoms with E-state index in [-0.39, 0.29) is 10.7 Å². The minimum atomic E-state index is -5.07. The molecule has 0 amide bonds. The van der Waals surface area contributed by atoms with Crippen LogP contribution in [0.5, 0.6) is 0 Å². The normalized spacial score (nSPS) is 12.1. The van der Waals surface area contributed by atoms with E-state index in [1.165, 1.54) is 6.07 Å². The lowest BCUT2D eigenvalue weighted by molar-refractivity contribution is -0.0884. The summed E-state index contributed by atoms with van der Waals surface area (Å²) in [4.78, 5) is 18.1. The number of nitrogens with two attached hydrogens (primary N) is 3. The van der Waals surface area contributed by atoms with E-state index in [1.807, 2.05) is 0 Å². The predicted octanol–water partition coefficient (Wildman–Crippen LogP) is 1.30. The van der Waals surface area contributed by atoms with E-state index in [1.54, 1.807) is 0 Å². The van der Waals surface area contributed by atoms with Crippen LogP contribution in [0.2, 0.25) is 5.02 Å². The van der Waals surface area contributed by atoms with Crippen molar-refractivity contribution in [1.82, 2.24) is 0 Å². The summed E-state index contributed by atoms with van der Waals surface area (Å²) in [5, 5.41) is -0.0584. The topological polar surface area (TPSA) is 120 Å². The Morgan fingerprint density at radius 1 is 1.20 bits per heavy atom. The van der Waals surface area contributed by atoms with Crippen LogP contribution in [0.4, 0.5) is 18.9 Å². The quantitative estimate of drug-likeness (QED) is 0.433. The summed E-state index contributed by atoms with van der Waals surface area (Å²) in [6.45, 7) is 0. The Hall–Kier alpha value is -2.29. The molecular formula is C10H9ClF3N5O. The molecule has 10 heteroatoms. The molecule has 0 spiro atoms. The predicted molar refractivity (Wildman–Crippen MR) is 68.9 cm³/mol. The number of carbonyl (C=O) groups is 1. The van der Waals surface area contributed by atoms with Gasteiger partial charge in [0.2, 0.25) is 5.96 Å². The monoisotopic (exact) mass is 307 g/mol. The first kappa shape index (κ1) is 15.8. The summed E-state index contributed by atoms with van der Waals surface area (Å²) in [5.41, 5.74) is 14.3. The fraction of sp³-hybridized carbons (Fsp3) is 0.100. The van der Waals surface area contributed by atoms with E-state index in [9.17, 15) is 18.0 Å². The number of rotatable bonds is 2. The van der Waals surface area contributed by atoms with Gasteiger partial charge in [-0.05, 0) is 18.2 Å². The number of nitrogens with zero attached hydrogens (tertiary/aromatic N) is 2. The molecule has 0 saturated carbocycles. The van der Waals surface area contributed by atoms with Gasteiger partial charge in [-0.25, -0.2) is 4.99 Å². The maximum atomic E-state index is 12.5. The van der Waals surface area contributed by atoms with Gasteiger partial charge in [-0.3, -0.25) is 4.79 Å². The van der Waals surface area contributed by atoms with Crippen LogP contribution in [0.3, 0.4) is 0 Å². The molecule has 6 nitrogen and oxygen atoms in total. The van der Waals surface area contributed by atoms with Crippen LogP contribution in [0.25, 0.3) is 0 Å². The fourth-order valence-electron chi connectivity index (χ4n) is 1.22. The third-order valence-corrected chi connectivity index (χ3v) is 2.17. The molecule has 0 aromatic heterocycles. The maximum absolute atomic E-state index is 12.5. The summed E-state index contributed by atoms with van der Waals surface area (Å²) in [7, 11) is 0. The molecule has 6 N–H and O–H groups in total. The van der Waals surface area contributed by atoms with Crippen molar-refractivity contribution in [3.63, 3.8) is 0 Å². The smallest absolute Gasteiger partial charge is 0.370 e. The highest BCUT2D eigenvalue weighted by molar-refractivity contribution is 6.31. The number of benzene rings is 1. The second-order valence-corrected chi connectivity index (χ2v) is 3.93. The number of alkyl halides is 3. The Labute approximate surface area is 116 Å². The Kier molecular flexibility index (Phi) is 4.56. The van der Waals surface area contributed by atoms with Crippen molar-refractivity contribution in [1.29, 1.82) is 0 Å². The molecule has 0 aliphatic carbocycles. The average molecular weight is 308 g/mol. The van der Waals surface area contributed by atoms with Crippen molar-refractivity contribution in [2.45, 2.75) is 6.18 Å². The van der Waals surface area contributed by atoms with Crippen molar-refractivity contribution in [3.05, 3.63) is 28.8 Å².